The fourth-order valence-corrected chi connectivity index (χ4v) is 5.67. The van der Waals surface area contributed by atoms with E-state index in [0.717, 1.165) is 24.0 Å². The molecule has 154 valence electrons. The third kappa shape index (κ3) is 3.33. The van der Waals surface area contributed by atoms with Gasteiger partial charge in [-0.05, 0) is 36.7 Å². The van der Waals surface area contributed by atoms with E-state index in [1.54, 1.807) is 0 Å². The van der Waals surface area contributed by atoms with Gasteiger partial charge in [0.2, 0.25) is 5.91 Å². The number of fused-ring (bicyclic) bond motifs is 2. The van der Waals surface area contributed by atoms with Gasteiger partial charge in [0.1, 0.15) is 5.00 Å². The number of hydrogen-bond donors (Lipinski definition) is 3. The van der Waals surface area contributed by atoms with Crippen molar-refractivity contribution < 1.29 is 19.5 Å². The maximum absolute atomic E-state index is 13.1. The third-order valence-corrected chi connectivity index (χ3v) is 7.19. The van der Waals surface area contributed by atoms with Crippen molar-refractivity contribution in [2.24, 2.45) is 23.7 Å². The standard InChI is InChI=1S/C23H22N2O4S/c26-20(17-13-6-7-14(10-13)18(17)23(28)29)25-22-19(21(27)24-15-8-9-15)16(11-30-22)12-4-2-1-3-5-12/h1-7,11,13-15,17-18H,8-10H2,(H,24,27)(H,25,26)(H,28,29). The molecule has 4 atom stereocenters. The zero-order valence-electron chi connectivity index (χ0n) is 16.2. The lowest BCUT2D eigenvalue weighted by atomic mass is 9.82. The maximum atomic E-state index is 13.1. The second kappa shape index (κ2) is 7.40. The van der Waals surface area contributed by atoms with E-state index in [9.17, 15) is 19.5 Å². The number of carbonyl (C=O) groups is 3. The molecule has 2 bridgehead atoms. The highest BCUT2D eigenvalue weighted by Gasteiger charge is 2.51. The summed E-state index contributed by atoms with van der Waals surface area (Å²) in [6.45, 7) is 0. The van der Waals surface area contributed by atoms with Crippen LogP contribution in [0.5, 0.6) is 0 Å². The molecule has 5 rings (SSSR count). The summed E-state index contributed by atoms with van der Waals surface area (Å²) in [4.78, 5) is 37.9. The van der Waals surface area contributed by atoms with E-state index in [1.807, 2.05) is 47.9 Å². The summed E-state index contributed by atoms with van der Waals surface area (Å²) < 4.78 is 0. The number of amides is 2. The molecule has 2 fully saturated rings. The number of aliphatic carboxylic acids is 1. The second-order valence-corrected chi connectivity index (χ2v) is 9.17. The summed E-state index contributed by atoms with van der Waals surface area (Å²) >= 11 is 1.31. The Morgan fingerprint density at radius 2 is 1.70 bits per heavy atom. The molecule has 30 heavy (non-hydrogen) atoms. The summed E-state index contributed by atoms with van der Waals surface area (Å²) in [5.74, 6) is -2.93. The number of nitrogens with one attached hydrogen (secondary N) is 2. The lowest BCUT2D eigenvalue weighted by Gasteiger charge is -2.23. The van der Waals surface area contributed by atoms with Crippen LogP contribution < -0.4 is 10.6 Å². The summed E-state index contributed by atoms with van der Waals surface area (Å²) in [5, 5.41) is 17.9. The molecule has 1 aromatic heterocycles. The van der Waals surface area contributed by atoms with Crippen molar-refractivity contribution in [3.63, 3.8) is 0 Å². The van der Waals surface area contributed by atoms with E-state index in [-0.39, 0.29) is 29.7 Å². The number of allylic oxidation sites excluding steroid dienone is 2. The molecule has 2 amide bonds. The van der Waals surface area contributed by atoms with Gasteiger partial charge in [0.05, 0.1) is 17.4 Å². The molecule has 0 radical (unpaired) electrons. The molecule has 2 saturated carbocycles. The lowest BCUT2D eigenvalue weighted by Crippen LogP contribution is -2.36. The first-order chi connectivity index (χ1) is 14.5. The van der Waals surface area contributed by atoms with Gasteiger partial charge in [0, 0.05) is 17.0 Å². The molecule has 0 spiro atoms. The number of carboxylic acids is 1. The molecule has 2 aromatic rings. The minimum Gasteiger partial charge on any atom is -0.481 e. The minimum absolute atomic E-state index is 0.0617. The van der Waals surface area contributed by atoms with Crippen LogP contribution in [0.3, 0.4) is 0 Å². The predicted octanol–water partition coefficient (Wildman–Crippen LogP) is 3.77. The summed E-state index contributed by atoms with van der Waals surface area (Å²) in [7, 11) is 0. The molecular formula is C23H22N2O4S. The van der Waals surface area contributed by atoms with Crippen LogP contribution in [0.1, 0.15) is 29.6 Å². The average Bonchev–Trinajstić information content (AvgIpc) is 3.15. The Balaban J connectivity index is 1.46. The van der Waals surface area contributed by atoms with Gasteiger partial charge in [-0.15, -0.1) is 11.3 Å². The average molecular weight is 423 g/mol. The van der Waals surface area contributed by atoms with Crippen molar-refractivity contribution in [3.05, 3.63) is 53.4 Å². The Bertz CT molecular complexity index is 1040. The molecule has 3 N–H and O–H groups in total. The first-order valence-electron chi connectivity index (χ1n) is 10.2. The molecule has 4 unspecified atom stereocenters. The number of thiophene rings is 1. The lowest BCUT2D eigenvalue weighted by molar-refractivity contribution is -0.146. The minimum atomic E-state index is -0.935. The summed E-state index contributed by atoms with van der Waals surface area (Å²) in [6, 6.07) is 9.79. The number of anilines is 1. The zero-order valence-corrected chi connectivity index (χ0v) is 17.0. The van der Waals surface area contributed by atoms with Gasteiger partial charge in [-0.1, -0.05) is 42.5 Å². The quantitative estimate of drug-likeness (QED) is 0.618. The highest BCUT2D eigenvalue weighted by atomic mass is 32.1. The monoisotopic (exact) mass is 422 g/mol. The molecule has 3 aliphatic rings. The van der Waals surface area contributed by atoms with E-state index in [2.05, 4.69) is 10.6 Å². The molecule has 0 aliphatic heterocycles. The van der Waals surface area contributed by atoms with Crippen molar-refractivity contribution >= 4 is 34.1 Å². The van der Waals surface area contributed by atoms with Crippen LogP contribution in [0.25, 0.3) is 11.1 Å². The molecule has 1 heterocycles. The second-order valence-electron chi connectivity index (χ2n) is 8.29. The van der Waals surface area contributed by atoms with Crippen molar-refractivity contribution in [1.29, 1.82) is 0 Å². The summed E-state index contributed by atoms with van der Waals surface area (Å²) in [5.41, 5.74) is 2.13. The van der Waals surface area contributed by atoms with Crippen LogP contribution in [0.15, 0.2) is 47.9 Å². The number of benzene rings is 1. The Labute approximate surface area is 178 Å². The predicted molar refractivity (Wildman–Crippen MR) is 114 cm³/mol. The third-order valence-electron chi connectivity index (χ3n) is 6.30. The molecule has 6 nitrogen and oxygen atoms in total. The molecular weight excluding hydrogens is 400 g/mol. The van der Waals surface area contributed by atoms with E-state index in [4.69, 9.17) is 0 Å². The molecule has 7 heteroatoms. The van der Waals surface area contributed by atoms with E-state index in [0.29, 0.717) is 17.0 Å². The van der Waals surface area contributed by atoms with Gasteiger partial charge in [0.25, 0.3) is 5.91 Å². The van der Waals surface area contributed by atoms with Crippen molar-refractivity contribution in [3.8, 4) is 11.1 Å². The highest BCUT2D eigenvalue weighted by molar-refractivity contribution is 7.15. The van der Waals surface area contributed by atoms with Crippen LogP contribution in [0.4, 0.5) is 5.00 Å². The zero-order chi connectivity index (χ0) is 20.8. The molecule has 0 saturated heterocycles. The van der Waals surface area contributed by atoms with E-state index in [1.165, 1.54) is 11.3 Å². The number of carboxylic acid groups (broad SMARTS) is 1. The Morgan fingerprint density at radius 3 is 2.37 bits per heavy atom. The highest BCUT2D eigenvalue weighted by Crippen LogP contribution is 2.49. The number of carbonyl (C=O) groups excluding carboxylic acids is 2. The largest absolute Gasteiger partial charge is 0.481 e. The van der Waals surface area contributed by atoms with Gasteiger partial charge in [0.15, 0.2) is 0 Å². The number of rotatable bonds is 6. The van der Waals surface area contributed by atoms with Gasteiger partial charge in [-0.2, -0.15) is 0 Å². The fraction of sp³-hybridized carbons (Fsp3) is 0.348. The number of hydrogen-bond acceptors (Lipinski definition) is 4. The topological polar surface area (TPSA) is 95.5 Å². The van der Waals surface area contributed by atoms with E-state index >= 15 is 0 Å². The maximum Gasteiger partial charge on any atom is 0.307 e. The van der Waals surface area contributed by atoms with E-state index < -0.39 is 17.8 Å². The normalized spacial score (nSPS) is 26.5. The van der Waals surface area contributed by atoms with Crippen LogP contribution in [0, 0.1) is 23.7 Å². The van der Waals surface area contributed by atoms with Crippen LogP contribution in [-0.4, -0.2) is 28.9 Å². The fourth-order valence-electron chi connectivity index (χ4n) is 4.70. The Kier molecular flexibility index (Phi) is 4.70. The van der Waals surface area contributed by atoms with Crippen molar-refractivity contribution in [1.82, 2.24) is 5.32 Å². The van der Waals surface area contributed by atoms with Crippen molar-refractivity contribution in [2.75, 3.05) is 5.32 Å². The smallest absolute Gasteiger partial charge is 0.307 e. The van der Waals surface area contributed by atoms with Gasteiger partial charge in [-0.25, -0.2) is 0 Å². The first-order valence-corrected chi connectivity index (χ1v) is 11.1. The van der Waals surface area contributed by atoms with Gasteiger partial charge < -0.3 is 15.7 Å². The van der Waals surface area contributed by atoms with Gasteiger partial charge in [-0.3, -0.25) is 14.4 Å². The van der Waals surface area contributed by atoms with Crippen molar-refractivity contribution in [2.45, 2.75) is 25.3 Å². The summed E-state index contributed by atoms with van der Waals surface area (Å²) in [6.07, 6.45) is 6.51. The Morgan fingerprint density at radius 1 is 1.00 bits per heavy atom. The first kappa shape index (κ1) is 19.1. The van der Waals surface area contributed by atoms with Crippen LogP contribution >= 0.6 is 11.3 Å². The van der Waals surface area contributed by atoms with Crippen LogP contribution in [-0.2, 0) is 9.59 Å². The molecule has 1 aromatic carbocycles. The molecule has 3 aliphatic carbocycles. The Hall–Kier alpha value is -2.93. The van der Waals surface area contributed by atoms with Crippen LogP contribution in [0.2, 0.25) is 0 Å². The SMILES string of the molecule is O=C(NC1CC1)c1c(-c2ccccc2)csc1NC(=O)C1C2C=CC(C2)C1C(=O)O. The van der Waals surface area contributed by atoms with Gasteiger partial charge >= 0.3 is 5.97 Å².